The van der Waals surface area contributed by atoms with Gasteiger partial charge in [-0.05, 0) is 64.5 Å². The molecule has 1 N–H and O–H groups in total. The lowest BCUT2D eigenvalue weighted by molar-refractivity contribution is -0.136. The van der Waals surface area contributed by atoms with E-state index in [1.807, 2.05) is 24.3 Å². The first kappa shape index (κ1) is 21.3. The minimum atomic E-state index is -0.117. The van der Waals surface area contributed by atoms with Crippen LogP contribution in [-0.2, 0) is 9.59 Å². The second-order valence-electron chi connectivity index (χ2n) is 7.52. The van der Waals surface area contributed by atoms with Crippen molar-refractivity contribution < 1.29 is 14.3 Å². The predicted octanol–water partition coefficient (Wildman–Crippen LogP) is 4.22. The van der Waals surface area contributed by atoms with Gasteiger partial charge in [-0.15, -0.1) is 0 Å². The van der Waals surface area contributed by atoms with E-state index in [0.717, 1.165) is 4.47 Å². The van der Waals surface area contributed by atoms with Crippen LogP contribution in [0.1, 0.15) is 38.2 Å². The van der Waals surface area contributed by atoms with E-state index in [1.54, 1.807) is 17.2 Å². The van der Waals surface area contributed by atoms with E-state index in [2.05, 4.69) is 46.1 Å². The van der Waals surface area contributed by atoms with Crippen LogP contribution in [0, 0.1) is 5.92 Å². The zero-order chi connectivity index (χ0) is 20.8. The third kappa shape index (κ3) is 6.03. The molecule has 0 spiro atoms. The summed E-state index contributed by atoms with van der Waals surface area (Å²) in [6.45, 7) is 5.37. The Morgan fingerprint density at radius 3 is 2.66 bits per heavy atom. The number of carbonyl (C=O) groups is 2. The summed E-state index contributed by atoms with van der Waals surface area (Å²) < 4.78 is 6.55. The predicted molar refractivity (Wildman–Crippen MR) is 116 cm³/mol. The molecule has 1 aliphatic rings. The van der Waals surface area contributed by atoms with Crippen molar-refractivity contribution in [3.8, 4) is 5.75 Å². The summed E-state index contributed by atoms with van der Waals surface area (Å²) in [5.74, 6) is 1.44. The Balaban J connectivity index is 1.45. The van der Waals surface area contributed by atoms with Crippen molar-refractivity contribution in [2.75, 3.05) is 25.0 Å². The molecule has 1 aromatic heterocycles. The smallest absolute Gasteiger partial charge is 0.260 e. The number of benzene rings is 1. The molecule has 0 bridgehead atoms. The fourth-order valence-electron chi connectivity index (χ4n) is 3.27. The molecule has 154 valence electrons. The van der Waals surface area contributed by atoms with Gasteiger partial charge in [0.25, 0.3) is 5.91 Å². The van der Waals surface area contributed by atoms with Crippen LogP contribution in [0.3, 0.4) is 0 Å². The summed E-state index contributed by atoms with van der Waals surface area (Å²) in [4.78, 5) is 30.8. The van der Waals surface area contributed by atoms with E-state index in [0.29, 0.717) is 43.4 Å². The number of ether oxygens (including phenoxy) is 1. The van der Waals surface area contributed by atoms with Gasteiger partial charge in [0, 0.05) is 29.7 Å². The SMILES string of the molecule is CC(C)c1cccc(OCC(=O)N2CCC(C(=O)Nc3ccc(Br)cn3)CC2)c1. The van der Waals surface area contributed by atoms with Crippen molar-refractivity contribution in [2.24, 2.45) is 5.92 Å². The molecule has 2 amide bonds. The molecule has 2 aromatic rings. The van der Waals surface area contributed by atoms with Crippen LogP contribution in [-0.4, -0.2) is 41.4 Å². The van der Waals surface area contributed by atoms with Crippen molar-refractivity contribution in [1.82, 2.24) is 9.88 Å². The molecule has 7 heteroatoms. The summed E-state index contributed by atoms with van der Waals surface area (Å²) in [5, 5.41) is 2.84. The van der Waals surface area contributed by atoms with Crippen LogP contribution in [0.5, 0.6) is 5.75 Å². The van der Waals surface area contributed by atoms with Crippen LogP contribution in [0.2, 0.25) is 0 Å². The van der Waals surface area contributed by atoms with E-state index in [9.17, 15) is 9.59 Å². The first-order valence-corrected chi connectivity index (χ1v) is 10.6. The van der Waals surface area contributed by atoms with Crippen LogP contribution in [0.15, 0.2) is 47.1 Å². The maximum absolute atomic E-state index is 12.5. The summed E-state index contributed by atoms with van der Waals surface area (Å²) in [6.07, 6.45) is 2.92. The summed E-state index contributed by atoms with van der Waals surface area (Å²) in [6, 6.07) is 11.4. The largest absolute Gasteiger partial charge is 0.484 e. The molecular weight excluding hydrogens is 434 g/mol. The Bertz CT molecular complexity index is 847. The number of halogens is 1. The van der Waals surface area contributed by atoms with Gasteiger partial charge in [0.1, 0.15) is 11.6 Å². The fourth-order valence-corrected chi connectivity index (χ4v) is 3.50. The lowest BCUT2D eigenvalue weighted by Gasteiger charge is -2.31. The van der Waals surface area contributed by atoms with Crippen molar-refractivity contribution in [3.05, 3.63) is 52.6 Å². The average molecular weight is 460 g/mol. The molecule has 0 aliphatic carbocycles. The Hall–Kier alpha value is -2.41. The third-order valence-corrected chi connectivity index (χ3v) is 5.55. The van der Waals surface area contributed by atoms with Crippen LogP contribution in [0.25, 0.3) is 0 Å². The fraction of sp³-hybridized carbons (Fsp3) is 0.409. The number of nitrogens with one attached hydrogen (secondary N) is 1. The van der Waals surface area contributed by atoms with Crippen LogP contribution >= 0.6 is 15.9 Å². The zero-order valence-electron chi connectivity index (χ0n) is 16.7. The number of nitrogens with zero attached hydrogens (tertiary/aromatic N) is 2. The highest BCUT2D eigenvalue weighted by Crippen LogP contribution is 2.22. The number of anilines is 1. The molecule has 1 aromatic carbocycles. The highest BCUT2D eigenvalue weighted by molar-refractivity contribution is 9.10. The molecule has 6 nitrogen and oxygen atoms in total. The molecular formula is C22H26BrN3O3. The minimum Gasteiger partial charge on any atom is -0.484 e. The van der Waals surface area contributed by atoms with E-state index in [4.69, 9.17) is 4.74 Å². The Morgan fingerprint density at radius 2 is 2.00 bits per heavy atom. The molecule has 0 saturated carbocycles. The van der Waals surface area contributed by atoms with Gasteiger partial charge < -0.3 is 15.0 Å². The van der Waals surface area contributed by atoms with Gasteiger partial charge in [0.15, 0.2) is 6.61 Å². The number of hydrogen-bond acceptors (Lipinski definition) is 4. The maximum atomic E-state index is 12.5. The second-order valence-corrected chi connectivity index (χ2v) is 8.44. The zero-order valence-corrected chi connectivity index (χ0v) is 18.3. The van der Waals surface area contributed by atoms with E-state index in [1.165, 1.54) is 5.56 Å². The Kier molecular flexibility index (Phi) is 7.25. The third-order valence-electron chi connectivity index (χ3n) is 5.08. The molecule has 0 radical (unpaired) electrons. The van der Waals surface area contributed by atoms with Gasteiger partial charge in [0.2, 0.25) is 5.91 Å². The summed E-state index contributed by atoms with van der Waals surface area (Å²) in [5.41, 5.74) is 1.18. The molecule has 29 heavy (non-hydrogen) atoms. The summed E-state index contributed by atoms with van der Waals surface area (Å²) in [7, 11) is 0. The molecule has 1 saturated heterocycles. The van der Waals surface area contributed by atoms with E-state index in [-0.39, 0.29) is 24.3 Å². The quantitative estimate of drug-likeness (QED) is 0.701. The van der Waals surface area contributed by atoms with Gasteiger partial charge in [0.05, 0.1) is 0 Å². The van der Waals surface area contributed by atoms with Gasteiger partial charge in [-0.25, -0.2) is 4.98 Å². The highest BCUT2D eigenvalue weighted by atomic mass is 79.9. The van der Waals surface area contributed by atoms with Crippen molar-refractivity contribution in [3.63, 3.8) is 0 Å². The number of likely N-dealkylation sites (tertiary alicyclic amines) is 1. The van der Waals surface area contributed by atoms with E-state index < -0.39 is 0 Å². The first-order chi connectivity index (χ1) is 13.9. The van der Waals surface area contributed by atoms with Crippen molar-refractivity contribution in [1.29, 1.82) is 0 Å². The highest BCUT2D eigenvalue weighted by Gasteiger charge is 2.27. The van der Waals surface area contributed by atoms with Gasteiger partial charge >= 0.3 is 0 Å². The number of hydrogen-bond donors (Lipinski definition) is 1. The Labute approximate surface area is 179 Å². The topological polar surface area (TPSA) is 71.5 Å². The number of carbonyl (C=O) groups excluding carboxylic acids is 2. The molecule has 1 aliphatic heterocycles. The van der Waals surface area contributed by atoms with Gasteiger partial charge in [-0.3, -0.25) is 9.59 Å². The number of pyridine rings is 1. The van der Waals surface area contributed by atoms with Crippen molar-refractivity contribution in [2.45, 2.75) is 32.6 Å². The van der Waals surface area contributed by atoms with Crippen LogP contribution < -0.4 is 10.1 Å². The standard InChI is InChI=1S/C22H26BrN3O3/c1-15(2)17-4-3-5-19(12-17)29-14-21(27)26-10-8-16(9-11-26)22(28)25-20-7-6-18(23)13-24-20/h3-7,12-13,15-16H,8-11,14H2,1-2H3,(H,24,25,28). The monoisotopic (exact) mass is 459 g/mol. The summed E-state index contributed by atoms with van der Waals surface area (Å²) >= 11 is 3.32. The molecule has 3 rings (SSSR count). The maximum Gasteiger partial charge on any atom is 0.260 e. The second kappa shape index (κ2) is 9.87. The minimum absolute atomic E-state index is 0.0151. The van der Waals surface area contributed by atoms with Crippen LogP contribution in [0.4, 0.5) is 5.82 Å². The average Bonchev–Trinajstić information content (AvgIpc) is 2.74. The number of piperidine rings is 1. The van der Waals surface area contributed by atoms with Crippen molar-refractivity contribution >= 4 is 33.6 Å². The molecule has 1 fully saturated rings. The van der Waals surface area contributed by atoms with Gasteiger partial charge in [-0.2, -0.15) is 0 Å². The normalized spacial score (nSPS) is 14.7. The van der Waals surface area contributed by atoms with Gasteiger partial charge in [-0.1, -0.05) is 26.0 Å². The number of aromatic nitrogens is 1. The molecule has 0 atom stereocenters. The van der Waals surface area contributed by atoms with E-state index >= 15 is 0 Å². The lowest BCUT2D eigenvalue weighted by atomic mass is 9.96. The Morgan fingerprint density at radius 1 is 1.24 bits per heavy atom. The first-order valence-electron chi connectivity index (χ1n) is 9.85. The molecule has 0 unspecified atom stereocenters. The lowest BCUT2D eigenvalue weighted by Crippen LogP contribution is -2.43. The number of rotatable bonds is 6. The number of amides is 2. The molecule has 2 heterocycles.